The first-order chi connectivity index (χ1) is 19.7. The molecule has 10 nitrogen and oxygen atoms in total. The molecule has 3 aromatic rings. The van der Waals surface area contributed by atoms with E-state index in [0.29, 0.717) is 71.6 Å². The summed E-state index contributed by atoms with van der Waals surface area (Å²) in [6, 6.07) is 8.06. The van der Waals surface area contributed by atoms with E-state index < -0.39 is 0 Å². The molecule has 218 valence electrons. The van der Waals surface area contributed by atoms with Gasteiger partial charge in [0.25, 0.3) is 0 Å². The van der Waals surface area contributed by atoms with Crippen LogP contribution in [0.5, 0.6) is 0 Å². The second-order valence-electron chi connectivity index (χ2n) is 9.40. The number of anilines is 1. The van der Waals surface area contributed by atoms with Gasteiger partial charge in [0.1, 0.15) is 17.9 Å². The lowest BCUT2D eigenvalue weighted by atomic mass is 10.2. The third-order valence-electron chi connectivity index (χ3n) is 6.35. The largest absolute Gasteiger partial charge is 0.382 e. The van der Waals surface area contributed by atoms with E-state index in [9.17, 15) is 4.79 Å². The van der Waals surface area contributed by atoms with Gasteiger partial charge in [-0.05, 0) is 25.3 Å². The minimum Gasteiger partial charge on any atom is -0.382 e. The van der Waals surface area contributed by atoms with Crippen LogP contribution in [0.2, 0.25) is 0 Å². The molecule has 3 N–H and O–H groups in total. The molecule has 2 heterocycles. The van der Waals surface area contributed by atoms with Gasteiger partial charge < -0.3 is 34.6 Å². The fraction of sp³-hybridized carbons (Fsp3) is 0.567. The van der Waals surface area contributed by atoms with Crippen molar-refractivity contribution in [2.75, 3.05) is 65.1 Å². The van der Waals surface area contributed by atoms with Crippen LogP contribution in [0.15, 0.2) is 24.3 Å². The third kappa shape index (κ3) is 10.1. The van der Waals surface area contributed by atoms with Crippen molar-refractivity contribution in [1.82, 2.24) is 19.9 Å². The van der Waals surface area contributed by atoms with Gasteiger partial charge in [-0.2, -0.15) is 0 Å². The molecule has 3 rings (SSSR count). The summed E-state index contributed by atoms with van der Waals surface area (Å²) in [5.74, 6) is 3.90. The number of para-hydroxylation sites is 1. The number of carbonyl (C=O) groups excluding carboxylic acids is 1. The van der Waals surface area contributed by atoms with Gasteiger partial charge in [0, 0.05) is 31.3 Å². The van der Waals surface area contributed by atoms with Crippen LogP contribution in [0.1, 0.15) is 44.9 Å². The number of hydrogen-bond acceptors (Lipinski definition) is 8. The highest BCUT2D eigenvalue weighted by Gasteiger charge is 2.16. The second kappa shape index (κ2) is 18.2. The summed E-state index contributed by atoms with van der Waals surface area (Å²) >= 11 is 0. The number of nitrogens with two attached hydrogens (primary N) is 1. The van der Waals surface area contributed by atoms with Crippen molar-refractivity contribution in [2.24, 2.45) is 0 Å². The Morgan fingerprint density at radius 2 is 1.68 bits per heavy atom. The van der Waals surface area contributed by atoms with Gasteiger partial charge >= 0.3 is 0 Å². The molecule has 0 aliphatic heterocycles. The summed E-state index contributed by atoms with van der Waals surface area (Å²) in [5.41, 5.74) is 9.00. The first-order valence-corrected chi connectivity index (χ1v) is 14.2. The fourth-order valence-corrected chi connectivity index (χ4v) is 4.34. The molecular formula is C30H43N5O5. The number of rotatable bonds is 21. The number of amides is 1. The number of carbonyl (C=O) groups is 1. The minimum absolute atomic E-state index is 0.0112. The Bertz CT molecular complexity index is 1220. The summed E-state index contributed by atoms with van der Waals surface area (Å²) < 4.78 is 23.7. The van der Waals surface area contributed by atoms with Gasteiger partial charge in [-0.25, -0.2) is 9.97 Å². The SMILES string of the molecule is C#CCOCCOCCOCCOCCC(=O)NCCCCn1c(CCCC)nc2c(N)nc3ccccc3c21. The lowest BCUT2D eigenvalue weighted by Gasteiger charge is -2.11. The van der Waals surface area contributed by atoms with Crippen molar-refractivity contribution in [3.05, 3.63) is 30.1 Å². The van der Waals surface area contributed by atoms with E-state index in [-0.39, 0.29) is 5.91 Å². The van der Waals surface area contributed by atoms with E-state index >= 15 is 0 Å². The van der Waals surface area contributed by atoms with Crippen LogP contribution < -0.4 is 11.1 Å². The Morgan fingerprint density at radius 3 is 2.40 bits per heavy atom. The standard InChI is InChI=1S/C30H43N5O5/c1-3-5-12-26-34-28-29(24-10-6-7-11-25(24)33-30(28)31)35(26)15-9-8-14-32-27(36)13-17-38-19-21-40-23-22-39-20-18-37-16-4-2/h2,6-7,10-11H,3,5,8-9,12-23H2,1H3,(H2,31,33)(H,32,36). The predicted molar refractivity (Wildman–Crippen MR) is 157 cm³/mol. The number of nitrogen functional groups attached to an aromatic ring is 1. The van der Waals surface area contributed by atoms with Crippen molar-refractivity contribution in [1.29, 1.82) is 0 Å². The Kier molecular flexibility index (Phi) is 14.2. The fourth-order valence-electron chi connectivity index (χ4n) is 4.34. The zero-order valence-corrected chi connectivity index (χ0v) is 23.7. The number of terminal acetylenes is 1. The Hall–Kier alpha value is -3.23. The summed E-state index contributed by atoms with van der Waals surface area (Å²) in [5, 5.41) is 4.05. The van der Waals surface area contributed by atoms with E-state index in [1.807, 2.05) is 18.2 Å². The third-order valence-corrected chi connectivity index (χ3v) is 6.35. The van der Waals surface area contributed by atoms with Gasteiger partial charge in [-0.3, -0.25) is 4.79 Å². The molecule has 0 saturated carbocycles. The van der Waals surface area contributed by atoms with Crippen LogP contribution in [-0.2, 0) is 36.7 Å². The highest BCUT2D eigenvalue weighted by Crippen LogP contribution is 2.29. The van der Waals surface area contributed by atoms with Gasteiger partial charge in [-0.15, -0.1) is 6.42 Å². The number of benzene rings is 1. The quantitative estimate of drug-likeness (QED) is 0.152. The van der Waals surface area contributed by atoms with Gasteiger partial charge in [0.05, 0.1) is 57.3 Å². The van der Waals surface area contributed by atoms with Crippen LogP contribution in [0.3, 0.4) is 0 Å². The average Bonchev–Trinajstić information content (AvgIpc) is 3.33. The van der Waals surface area contributed by atoms with Gasteiger partial charge in [-0.1, -0.05) is 37.5 Å². The number of nitrogens with one attached hydrogen (secondary N) is 1. The van der Waals surface area contributed by atoms with Crippen LogP contribution in [0, 0.1) is 12.3 Å². The predicted octanol–water partition coefficient (Wildman–Crippen LogP) is 3.50. The molecule has 2 aromatic heterocycles. The molecule has 0 spiro atoms. The first kappa shape index (κ1) is 31.3. The van der Waals surface area contributed by atoms with E-state index in [0.717, 1.165) is 66.4 Å². The molecule has 0 fully saturated rings. The number of unbranched alkanes of at least 4 members (excludes halogenated alkanes) is 2. The maximum Gasteiger partial charge on any atom is 0.222 e. The Balaban J connectivity index is 1.31. The Labute approximate surface area is 236 Å². The number of aryl methyl sites for hydroxylation is 2. The molecule has 0 radical (unpaired) electrons. The number of nitrogens with zero attached hydrogens (tertiary/aromatic N) is 3. The van der Waals surface area contributed by atoms with Gasteiger partial charge in [0.15, 0.2) is 5.82 Å². The lowest BCUT2D eigenvalue weighted by molar-refractivity contribution is -0.122. The molecule has 0 bridgehead atoms. The summed E-state index contributed by atoms with van der Waals surface area (Å²) in [6.07, 6.45) is 10.3. The van der Waals surface area contributed by atoms with E-state index in [1.165, 1.54) is 0 Å². The summed E-state index contributed by atoms with van der Waals surface area (Å²) in [4.78, 5) is 21.6. The maximum absolute atomic E-state index is 12.2. The highest BCUT2D eigenvalue weighted by atomic mass is 16.6. The highest BCUT2D eigenvalue weighted by molar-refractivity contribution is 6.06. The number of imidazole rings is 1. The van der Waals surface area contributed by atoms with E-state index in [2.05, 4.69) is 33.8 Å². The van der Waals surface area contributed by atoms with Crippen LogP contribution in [0.4, 0.5) is 5.82 Å². The minimum atomic E-state index is -0.0112. The molecular weight excluding hydrogens is 510 g/mol. The molecule has 1 amide bonds. The molecule has 0 unspecified atom stereocenters. The van der Waals surface area contributed by atoms with Crippen molar-refractivity contribution in [3.8, 4) is 12.3 Å². The van der Waals surface area contributed by atoms with Crippen molar-refractivity contribution in [2.45, 2.75) is 52.0 Å². The molecule has 0 saturated heterocycles. The summed E-state index contributed by atoms with van der Waals surface area (Å²) in [6.45, 7) is 7.10. The number of hydrogen-bond donors (Lipinski definition) is 2. The normalized spacial score (nSPS) is 11.3. The zero-order valence-electron chi connectivity index (χ0n) is 23.7. The molecule has 10 heteroatoms. The number of ether oxygens (including phenoxy) is 4. The molecule has 0 atom stereocenters. The molecule has 40 heavy (non-hydrogen) atoms. The number of fused-ring (bicyclic) bond motifs is 3. The number of aromatic nitrogens is 3. The molecule has 1 aromatic carbocycles. The zero-order chi connectivity index (χ0) is 28.4. The van der Waals surface area contributed by atoms with Crippen molar-refractivity contribution < 1.29 is 23.7 Å². The van der Waals surface area contributed by atoms with E-state index in [4.69, 9.17) is 36.1 Å². The Morgan fingerprint density at radius 1 is 0.975 bits per heavy atom. The smallest absolute Gasteiger partial charge is 0.222 e. The molecule has 0 aliphatic carbocycles. The van der Waals surface area contributed by atoms with Crippen molar-refractivity contribution in [3.63, 3.8) is 0 Å². The van der Waals surface area contributed by atoms with Gasteiger partial charge in [0.2, 0.25) is 5.91 Å². The average molecular weight is 554 g/mol. The van der Waals surface area contributed by atoms with Crippen molar-refractivity contribution >= 4 is 33.7 Å². The molecule has 0 aliphatic rings. The second-order valence-corrected chi connectivity index (χ2v) is 9.40. The van der Waals surface area contributed by atoms with Crippen LogP contribution >= 0.6 is 0 Å². The van der Waals surface area contributed by atoms with Crippen LogP contribution in [-0.4, -0.2) is 79.8 Å². The van der Waals surface area contributed by atoms with Crippen LogP contribution in [0.25, 0.3) is 21.9 Å². The first-order valence-electron chi connectivity index (χ1n) is 14.2. The topological polar surface area (TPSA) is 123 Å². The summed E-state index contributed by atoms with van der Waals surface area (Å²) in [7, 11) is 0. The monoisotopic (exact) mass is 553 g/mol. The number of pyridine rings is 1. The maximum atomic E-state index is 12.2. The van der Waals surface area contributed by atoms with E-state index in [1.54, 1.807) is 0 Å². The lowest BCUT2D eigenvalue weighted by Crippen LogP contribution is -2.26.